The van der Waals surface area contributed by atoms with Crippen LogP contribution in [0.1, 0.15) is 175 Å². The van der Waals surface area contributed by atoms with Gasteiger partial charge in [-0.3, -0.25) is 9.59 Å². The standard InChI is InChI=1S/C59H95NO10/c1-4-7-10-13-16-19-22-24-25-26-27-29-32-35-38-41-44-47-54(64)70-57-56(66)55(65)53(48-61)69-59(57)68-49-50(51(62)45-42-39-36-33-30-21-18-15-12-9-6-3)60-58(67)52(63)46-43-40-37-34-31-28-23-20-17-14-11-8-5-2/h7-8,10-11,13,16-17,19-20,22,24-29,31-32,42,45,50-53,55-57,59,61-63,65-66H,4-6,9,12,14-15,18,21,23,30,33-41,43-44,46-49H2,1-3H3,(H,60,67)/b10-7-,11-8+,16-13+,20-17+,22-19+,25-24-,27-26+,31-28+,32-29+,45-42+. The van der Waals surface area contributed by atoms with Crippen molar-refractivity contribution in [2.45, 2.75) is 224 Å². The minimum atomic E-state index is -1.64. The molecule has 11 heteroatoms. The number of nitrogens with one attached hydrogen (secondary N) is 1. The highest BCUT2D eigenvalue weighted by molar-refractivity contribution is 5.80. The maximum Gasteiger partial charge on any atom is 0.306 e. The monoisotopic (exact) mass is 978 g/mol. The zero-order chi connectivity index (χ0) is 51.1. The number of unbranched alkanes of at least 4 members (excludes halogenated alkanes) is 15. The summed E-state index contributed by atoms with van der Waals surface area (Å²) in [5, 5.41) is 56.6. The van der Waals surface area contributed by atoms with Crippen LogP contribution in [0.2, 0.25) is 0 Å². The molecular weight excluding hydrogens is 883 g/mol. The maximum absolute atomic E-state index is 13.3. The number of carbonyl (C=O) groups excluding carboxylic acids is 2. The summed E-state index contributed by atoms with van der Waals surface area (Å²) in [7, 11) is 0. The second-order valence-corrected chi connectivity index (χ2v) is 18.0. The summed E-state index contributed by atoms with van der Waals surface area (Å²) in [6.07, 6.45) is 52.4. The Hall–Kier alpha value is -3.94. The zero-order valence-corrected chi connectivity index (χ0v) is 43.3. The van der Waals surface area contributed by atoms with Gasteiger partial charge in [0.15, 0.2) is 12.4 Å². The van der Waals surface area contributed by atoms with Crippen molar-refractivity contribution in [3.05, 3.63) is 122 Å². The smallest absolute Gasteiger partial charge is 0.306 e. The Morgan fingerprint density at radius 1 is 0.586 bits per heavy atom. The van der Waals surface area contributed by atoms with Crippen molar-refractivity contribution < 1.29 is 49.3 Å². The van der Waals surface area contributed by atoms with Crippen LogP contribution in [0.4, 0.5) is 0 Å². The third-order valence-corrected chi connectivity index (χ3v) is 11.8. The van der Waals surface area contributed by atoms with E-state index in [1.54, 1.807) is 6.08 Å². The van der Waals surface area contributed by atoms with E-state index in [9.17, 15) is 35.1 Å². The molecule has 0 radical (unpaired) electrons. The highest BCUT2D eigenvalue weighted by Crippen LogP contribution is 2.26. The number of aliphatic hydroxyl groups excluding tert-OH is 5. The predicted molar refractivity (Wildman–Crippen MR) is 287 cm³/mol. The van der Waals surface area contributed by atoms with Crippen molar-refractivity contribution in [2.24, 2.45) is 0 Å². The normalized spacial score (nSPS) is 20.7. The average Bonchev–Trinajstić information content (AvgIpc) is 3.36. The summed E-state index contributed by atoms with van der Waals surface area (Å²) in [5.41, 5.74) is 0. The van der Waals surface area contributed by atoms with Crippen LogP contribution in [-0.4, -0.2) is 99.6 Å². The first-order valence-electron chi connectivity index (χ1n) is 26.9. The molecule has 0 aliphatic carbocycles. The average molecular weight is 978 g/mol. The quantitative estimate of drug-likeness (QED) is 0.0149. The Morgan fingerprint density at radius 2 is 1.10 bits per heavy atom. The molecule has 0 spiro atoms. The lowest BCUT2D eigenvalue weighted by Crippen LogP contribution is -2.61. The second-order valence-electron chi connectivity index (χ2n) is 18.0. The highest BCUT2D eigenvalue weighted by Gasteiger charge is 2.47. The van der Waals surface area contributed by atoms with Gasteiger partial charge in [-0.2, -0.15) is 0 Å². The van der Waals surface area contributed by atoms with E-state index in [4.69, 9.17) is 14.2 Å². The van der Waals surface area contributed by atoms with E-state index in [0.29, 0.717) is 12.8 Å². The minimum Gasteiger partial charge on any atom is -0.454 e. The SMILES string of the molecule is CC\C=C/C=C/C=C/C=C\C=C\C=C\CCCCCC(=O)OC1C(OCC(NC(=O)C(O)CCCCC/C=C/C/C=C/C/C=C/CC)C(O)/C=C/CCCCCCCCCCC)OC(CO)C(O)C1O. The Balaban J connectivity index is 2.81. The van der Waals surface area contributed by atoms with E-state index in [1.807, 2.05) is 66.8 Å². The molecule has 396 valence electrons. The molecule has 70 heavy (non-hydrogen) atoms. The lowest BCUT2D eigenvalue weighted by atomic mass is 9.99. The minimum absolute atomic E-state index is 0.0617. The van der Waals surface area contributed by atoms with E-state index in [-0.39, 0.29) is 19.4 Å². The number of rotatable bonds is 42. The number of allylic oxidation sites excluding steroid dienone is 19. The number of esters is 1. The third kappa shape index (κ3) is 34.4. The summed E-state index contributed by atoms with van der Waals surface area (Å²) in [4.78, 5) is 26.4. The van der Waals surface area contributed by atoms with Crippen LogP contribution in [0.25, 0.3) is 0 Å². The number of hydrogen-bond acceptors (Lipinski definition) is 10. The molecule has 1 amide bonds. The Kier molecular flexibility index (Phi) is 42.2. The van der Waals surface area contributed by atoms with Gasteiger partial charge in [-0.15, -0.1) is 0 Å². The first kappa shape index (κ1) is 64.1. The van der Waals surface area contributed by atoms with Crippen molar-refractivity contribution in [1.29, 1.82) is 0 Å². The zero-order valence-electron chi connectivity index (χ0n) is 43.3. The van der Waals surface area contributed by atoms with Gasteiger partial charge in [0.05, 0.1) is 25.4 Å². The fourth-order valence-electron chi connectivity index (χ4n) is 7.52. The molecular formula is C59H95NO10. The molecule has 1 rings (SSSR count). The molecule has 0 aromatic rings. The molecule has 1 saturated heterocycles. The first-order valence-corrected chi connectivity index (χ1v) is 26.9. The maximum atomic E-state index is 13.3. The Morgan fingerprint density at radius 3 is 1.71 bits per heavy atom. The second kappa shape index (κ2) is 46.2. The lowest BCUT2D eigenvalue weighted by Gasteiger charge is -2.41. The summed E-state index contributed by atoms with van der Waals surface area (Å²) in [6, 6.07) is -1.05. The van der Waals surface area contributed by atoms with Crippen molar-refractivity contribution in [2.75, 3.05) is 13.2 Å². The van der Waals surface area contributed by atoms with Gasteiger partial charge in [-0.1, -0.05) is 213 Å². The van der Waals surface area contributed by atoms with Gasteiger partial charge in [0.25, 0.3) is 0 Å². The van der Waals surface area contributed by atoms with Gasteiger partial charge in [0, 0.05) is 6.42 Å². The molecule has 1 aliphatic heterocycles. The van der Waals surface area contributed by atoms with Gasteiger partial charge in [-0.25, -0.2) is 0 Å². The van der Waals surface area contributed by atoms with Gasteiger partial charge < -0.3 is 45.1 Å². The van der Waals surface area contributed by atoms with Crippen LogP contribution in [-0.2, 0) is 23.8 Å². The van der Waals surface area contributed by atoms with Crippen LogP contribution in [0.15, 0.2) is 122 Å². The van der Waals surface area contributed by atoms with Crippen molar-refractivity contribution in [3.8, 4) is 0 Å². The molecule has 0 aromatic carbocycles. The molecule has 8 unspecified atom stereocenters. The number of amides is 1. The van der Waals surface area contributed by atoms with E-state index < -0.39 is 67.4 Å². The molecule has 1 heterocycles. The van der Waals surface area contributed by atoms with E-state index >= 15 is 0 Å². The molecule has 0 aromatic heterocycles. The molecule has 1 fully saturated rings. The number of carbonyl (C=O) groups is 2. The topological polar surface area (TPSA) is 175 Å². The van der Waals surface area contributed by atoms with Gasteiger partial charge >= 0.3 is 5.97 Å². The Bertz CT molecular complexity index is 1590. The van der Waals surface area contributed by atoms with Crippen molar-refractivity contribution in [3.63, 3.8) is 0 Å². The summed E-state index contributed by atoms with van der Waals surface area (Å²) >= 11 is 0. The molecule has 0 bridgehead atoms. The molecule has 11 nitrogen and oxygen atoms in total. The Labute approximate surface area is 423 Å². The molecule has 0 saturated carbocycles. The third-order valence-electron chi connectivity index (χ3n) is 11.8. The van der Waals surface area contributed by atoms with Crippen LogP contribution < -0.4 is 5.32 Å². The summed E-state index contributed by atoms with van der Waals surface area (Å²) < 4.78 is 17.5. The van der Waals surface area contributed by atoms with E-state index in [1.165, 1.54) is 38.5 Å². The van der Waals surface area contributed by atoms with Gasteiger partial charge in [-0.05, 0) is 77.0 Å². The van der Waals surface area contributed by atoms with Gasteiger partial charge in [0.1, 0.15) is 24.4 Å². The summed E-state index contributed by atoms with van der Waals surface area (Å²) in [5.74, 6) is -1.28. The van der Waals surface area contributed by atoms with Crippen molar-refractivity contribution >= 4 is 11.9 Å². The predicted octanol–water partition coefficient (Wildman–Crippen LogP) is 11.5. The van der Waals surface area contributed by atoms with E-state index in [2.05, 4.69) is 74.7 Å². The number of hydrogen-bond donors (Lipinski definition) is 6. The van der Waals surface area contributed by atoms with Crippen LogP contribution in [0.5, 0.6) is 0 Å². The van der Waals surface area contributed by atoms with Crippen LogP contribution in [0, 0.1) is 0 Å². The van der Waals surface area contributed by atoms with Crippen LogP contribution >= 0.6 is 0 Å². The van der Waals surface area contributed by atoms with Crippen molar-refractivity contribution in [1.82, 2.24) is 5.32 Å². The number of aliphatic hydroxyl groups is 5. The highest BCUT2D eigenvalue weighted by atomic mass is 16.7. The molecule has 6 N–H and O–H groups in total. The fraction of sp³-hybridized carbons (Fsp3) is 0.627. The largest absolute Gasteiger partial charge is 0.454 e. The molecule has 1 aliphatic rings. The summed E-state index contributed by atoms with van der Waals surface area (Å²) in [6.45, 7) is 5.43. The molecule has 8 atom stereocenters. The fourth-order valence-corrected chi connectivity index (χ4v) is 7.52. The number of ether oxygens (including phenoxy) is 3. The van der Waals surface area contributed by atoms with E-state index in [0.717, 1.165) is 89.9 Å². The lowest BCUT2D eigenvalue weighted by molar-refractivity contribution is -0.305. The van der Waals surface area contributed by atoms with Gasteiger partial charge in [0.2, 0.25) is 5.91 Å². The van der Waals surface area contributed by atoms with Crippen LogP contribution in [0.3, 0.4) is 0 Å². The first-order chi connectivity index (χ1) is 34.2.